The van der Waals surface area contributed by atoms with Gasteiger partial charge in [-0.05, 0) is 48.9 Å². The first-order valence-corrected chi connectivity index (χ1v) is 7.89. The first-order chi connectivity index (χ1) is 11.1. The normalized spacial score (nSPS) is 16.0. The van der Waals surface area contributed by atoms with E-state index in [1.807, 2.05) is 30.3 Å². The zero-order valence-corrected chi connectivity index (χ0v) is 13.0. The van der Waals surface area contributed by atoms with Gasteiger partial charge in [-0.15, -0.1) is 0 Å². The van der Waals surface area contributed by atoms with Gasteiger partial charge < -0.3 is 9.84 Å². The topological polar surface area (TPSA) is 46.5 Å². The number of carbonyl (C=O) groups excluding carboxylic acids is 1. The molecule has 1 fully saturated rings. The second-order valence-electron chi connectivity index (χ2n) is 5.94. The van der Waals surface area contributed by atoms with E-state index in [4.69, 9.17) is 4.74 Å². The maximum absolute atomic E-state index is 12.7. The first kappa shape index (κ1) is 15.3. The third-order valence-electron chi connectivity index (χ3n) is 4.48. The van der Waals surface area contributed by atoms with Crippen LogP contribution in [0.5, 0.6) is 5.75 Å². The largest absolute Gasteiger partial charge is 0.507 e. The number of aromatic hydroxyl groups is 1. The van der Waals surface area contributed by atoms with Gasteiger partial charge in [0.2, 0.25) is 0 Å². The summed E-state index contributed by atoms with van der Waals surface area (Å²) >= 11 is 0. The lowest BCUT2D eigenvalue weighted by Gasteiger charge is -2.29. The fraction of sp³-hybridized carbons (Fsp3) is 0.250. The summed E-state index contributed by atoms with van der Waals surface area (Å²) in [4.78, 5) is 12.7. The standard InChI is InChI=1S/C20H20O3/c1-2-15-10-11-18(21)17(14-15)19(22)23-20(12-6-7-13-20)16-8-4-3-5-9-16/h2-5,8-11,14,21H,1,6-7,12-13H2. The molecule has 3 rings (SSSR count). The van der Waals surface area contributed by atoms with Crippen LogP contribution in [-0.2, 0) is 10.3 Å². The van der Waals surface area contributed by atoms with Crippen LogP contribution in [0.15, 0.2) is 55.1 Å². The number of esters is 1. The lowest BCUT2D eigenvalue weighted by atomic mass is 9.92. The van der Waals surface area contributed by atoms with E-state index in [9.17, 15) is 9.90 Å². The molecule has 0 heterocycles. The molecule has 0 saturated heterocycles. The Kier molecular flexibility index (Phi) is 4.20. The van der Waals surface area contributed by atoms with Gasteiger partial charge in [0.1, 0.15) is 16.9 Å². The molecule has 0 unspecified atom stereocenters. The van der Waals surface area contributed by atoms with Gasteiger partial charge in [0, 0.05) is 0 Å². The molecule has 1 N–H and O–H groups in total. The van der Waals surface area contributed by atoms with E-state index in [1.54, 1.807) is 18.2 Å². The van der Waals surface area contributed by atoms with Crippen molar-refractivity contribution in [2.75, 3.05) is 0 Å². The van der Waals surface area contributed by atoms with Gasteiger partial charge in [-0.1, -0.05) is 49.1 Å². The van der Waals surface area contributed by atoms with Crippen molar-refractivity contribution in [2.45, 2.75) is 31.3 Å². The molecule has 0 bridgehead atoms. The van der Waals surface area contributed by atoms with E-state index in [0.29, 0.717) is 0 Å². The zero-order valence-electron chi connectivity index (χ0n) is 13.0. The van der Waals surface area contributed by atoms with Crippen molar-refractivity contribution in [1.82, 2.24) is 0 Å². The van der Waals surface area contributed by atoms with Gasteiger partial charge in [-0.25, -0.2) is 4.79 Å². The number of ether oxygens (including phenoxy) is 1. The molecule has 2 aromatic carbocycles. The highest BCUT2D eigenvalue weighted by atomic mass is 16.6. The fourth-order valence-electron chi connectivity index (χ4n) is 3.21. The third kappa shape index (κ3) is 3.00. The summed E-state index contributed by atoms with van der Waals surface area (Å²) in [5, 5.41) is 9.99. The quantitative estimate of drug-likeness (QED) is 0.835. The Morgan fingerprint density at radius 1 is 1.13 bits per heavy atom. The fourth-order valence-corrected chi connectivity index (χ4v) is 3.21. The third-order valence-corrected chi connectivity index (χ3v) is 4.48. The van der Waals surface area contributed by atoms with Crippen LogP contribution in [0.25, 0.3) is 6.08 Å². The summed E-state index contributed by atoms with van der Waals surface area (Å²) in [5.74, 6) is -0.557. The SMILES string of the molecule is C=Cc1ccc(O)c(C(=O)OC2(c3ccccc3)CCCC2)c1. The van der Waals surface area contributed by atoms with Crippen LogP contribution in [0.2, 0.25) is 0 Å². The second kappa shape index (κ2) is 6.29. The smallest absolute Gasteiger partial charge is 0.342 e. The van der Waals surface area contributed by atoms with Crippen LogP contribution in [0.3, 0.4) is 0 Å². The van der Waals surface area contributed by atoms with Crippen molar-refractivity contribution in [2.24, 2.45) is 0 Å². The minimum Gasteiger partial charge on any atom is -0.507 e. The van der Waals surface area contributed by atoms with Crippen LogP contribution in [0.1, 0.15) is 47.2 Å². The molecule has 1 saturated carbocycles. The van der Waals surface area contributed by atoms with Crippen molar-refractivity contribution >= 4 is 12.0 Å². The number of hydrogen-bond donors (Lipinski definition) is 1. The highest BCUT2D eigenvalue weighted by Gasteiger charge is 2.40. The Hall–Kier alpha value is -2.55. The molecular formula is C20H20O3. The average molecular weight is 308 g/mol. The van der Waals surface area contributed by atoms with Crippen LogP contribution < -0.4 is 0 Å². The molecule has 0 aromatic heterocycles. The van der Waals surface area contributed by atoms with Gasteiger partial charge in [-0.3, -0.25) is 0 Å². The summed E-state index contributed by atoms with van der Waals surface area (Å²) in [7, 11) is 0. The highest BCUT2D eigenvalue weighted by Crippen LogP contribution is 2.43. The maximum atomic E-state index is 12.7. The van der Waals surface area contributed by atoms with E-state index in [0.717, 1.165) is 36.8 Å². The van der Waals surface area contributed by atoms with Gasteiger partial charge in [-0.2, -0.15) is 0 Å². The zero-order chi connectivity index (χ0) is 16.3. The van der Waals surface area contributed by atoms with E-state index in [2.05, 4.69) is 6.58 Å². The van der Waals surface area contributed by atoms with Crippen molar-refractivity contribution in [3.8, 4) is 5.75 Å². The Morgan fingerprint density at radius 3 is 2.48 bits per heavy atom. The molecule has 0 spiro atoms. The summed E-state index contributed by atoms with van der Waals surface area (Å²) in [6, 6.07) is 14.7. The molecule has 0 radical (unpaired) electrons. The number of benzene rings is 2. The second-order valence-corrected chi connectivity index (χ2v) is 5.94. The lowest BCUT2D eigenvalue weighted by molar-refractivity contribution is -0.0186. The van der Waals surface area contributed by atoms with Crippen LogP contribution in [-0.4, -0.2) is 11.1 Å². The molecule has 3 nitrogen and oxygen atoms in total. The van der Waals surface area contributed by atoms with Crippen LogP contribution >= 0.6 is 0 Å². The number of rotatable bonds is 4. The molecule has 1 aliphatic rings. The van der Waals surface area contributed by atoms with Crippen molar-refractivity contribution < 1.29 is 14.6 Å². The molecule has 1 aliphatic carbocycles. The summed E-state index contributed by atoms with van der Waals surface area (Å²) in [5.41, 5.74) is 1.39. The Balaban J connectivity index is 1.92. The number of phenols is 1. The molecule has 2 aromatic rings. The maximum Gasteiger partial charge on any atom is 0.342 e. The monoisotopic (exact) mass is 308 g/mol. The molecule has 0 amide bonds. The molecular weight excluding hydrogens is 288 g/mol. The summed E-state index contributed by atoms with van der Waals surface area (Å²) in [6.07, 6.45) is 5.32. The number of phenolic OH excluding ortho intramolecular Hbond substituents is 1. The predicted molar refractivity (Wildman–Crippen MR) is 90.2 cm³/mol. The first-order valence-electron chi connectivity index (χ1n) is 7.89. The van der Waals surface area contributed by atoms with Crippen LogP contribution in [0.4, 0.5) is 0 Å². The van der Waals surface area contributed by atoms with Crippen LogP contribution in [0, 0.1) is 0 Å². The minimum atomic E-state index is -0.588. The summed E-state index contributed by atoms with van der Waals surface area (Å²) < 4.78 is 5.92. The van der Waals surface area contributed by atoms with Gasteiger partial charge in [0.05, 0.1) is 0 Å². The molecule has 23 heavy (non-hydrogen) atoms. The van der Waals surface area contributed by atoms with Gasteiger partial charge >= 0.3 is 5.97 Å². The Labute approximate surface area is 136 Å². The minimum absolute atomic E-state index is 0.0678. The molecule has 0 aliphatic heterocycles. The number of carbonyl (C=O) groups is 1. The molecule has 118 valence electrons. The van der Waals surface area contributed by atoms with E-state index in [-0.39, 0.29) is 11.3 Å². The molecule has 0 atom stereocenters. The number of hydrogen-bond acceptors (Lipinski definition) is 3. The Bertz CT molecular complexity index is 713. The molecule has 3 heteroatoms. The summed E-state index contributed by atoms with van der Waals surface area (Å²) in [6.45, 7) is 3.69. The Morgan fingerprint density at radius 2 is 1.83 bits per heavy atom. The van der Waals surface area contributed by atoms with Gasteiger partial charge in [0.15, 0.2) is 0 Å². The van der Waals surface area contributed by atoms with E-state index in [1.165, 1.54) is 6.07 Å². The lowest BCUT2D eigenvalue weighted by Crippen LogP contribution is -2.29. The van der Waals surface area contributed by atoms with Crippen molar-refractivity contribution in [3.05, 3.63) is 71.8 Å². The van der Waals surface area contributed by atoms with E-state index >= 15 is 0 Å². The van der Waals surface area contributed by atoms with Crippen molar-refractivity contribution in [1.29, 1.82) is 0 Å². The van der Waals surface area contributed by atoms with E-state index < -0.39 is 11.6 Å². The highest BCUT2D eigenvalue weighted by molar-refractivity contribution is 5.93. The average Bonchev–Trinajstić information content (AvgIpc) is 3.06. The predicted octanol–water partition coefficient (Wildman–Crippen LogP) is 4.66. The van der Waals surface area contributed by atoms with Crippen molar-refractivity contribution in [3.63, 3.8) is 0 Å². The van der Waals surface area contributed by atoms with Gasteiger partial charge in [0.25, 0.3) is 0 Å².